The van der Waals surface area contributed by atoms with E-state index in [9.17, 15) is 14.7 Å². The molecule has 0 fully saturated rings. The number of methoxy groups -OCH3 is 1. The molecule has 0 aromatic heterocycles. The van der Waals surface area contributed by atoms with E-state index in [1.165, 1.54) is 12.7 Å². The van der Waals surface area contributed by atoms with Crippen molar-refractivity contribution in [2.75, 3.05) is 7.11 Å². The van der Waals surface area contributed by atoms with E-state index in [0.29, 0.717) is 19.3 Å². The van der Waals surface area contributed by atoms with Gasteiger partial charge in [-0.3, -0.25) is 9.59 Å². The number of carbonyl (C=O) groups excluding carboxylic acids is 1. The Morgan fingerprint density at radius 2 is 1.91 bits per heavy atom. The van der Waals surface area contributed by atoms with Crippen molar-refractivity contribution in [3.8, 4) is 0 Å². The zero-order valence-electron chi connectivity index (χ0n) is 13.3. The predicted octanol–water partition coefficient (Wildman–Crippen LogP) is 3.59. The van der Waals surface area contributed by atoms with E-state index in [2.05, 4.69) is 0 Å². The number of aryl methyl sites for hydroxylation is 1. The largest absolute Gasteiger partial charge is 0.481 e. The van der Waals surface area contributed by atoms with Crippen LogP contribution in [0, 0.1) is 12.3 Å². The van der Waals surface area contributed by atoms with Gasteiger partial charge in [-0.05, 0) is 44.2 Å². The summed E-state index contributed by atoms with van der Waals surface area (Å²) in [5.41, 5.74) is 3.47. The van der Waals surface area contributed by atoms with Gasteiger partial charge in [0.25, 0.3) is 0 Å². The normalized spacial score (nSPS) is 21.6. The number of carboxylic acid groups (broad SMARTS) is 1. The zero-order chi connectivity index (χ0) is 16.3. The highest BCUT2D eigenvalue weighted by Gasteiger charge is 2.39. The Bertz CT molecular complexity index is 612. The molecule has 0 spiro atoms. The first-order valence-electron chi connectivity index (χ1n) is 7.44. The number of allylic oxidation sites excluding steroid dienone is 1. The molecule has 1 aliphatic rings. The molecule has 0 saturated heterocycles. The van der Waals surface area contributed by atoms with Crippen LogP contribution in [0.3, 0.4) is 0 Å². The van der Waals surface area contributed by atoms with Gasteiger partial charge in [0.05, 0.1) is 18.9 Å². The van der Waals surface area contributed by atoms with Crippen LogP contribution in [-0.2, 0) is 14.3 Å². The third-order valence-corrected chi connectivity index (χ3v) is 4.40. The molecule has 4 heteroatoms. The molecule has 1 aromatic carbocycles. The third kappa shape index (κ3) is 3.38. The van der Waals surface area contributed by atoms with E-state index in [-0.39, 0.29) is 12.4 Å². The Morgan fingerprint density at radius 3 is 2.45 bits per heavy atom. The van der Waals surface area contributed by atoms with Crippen LogP contribution in [-0.4, -0.2) is 24.2 Å². The van der Waals surface area contributed by atoms with E-state index in [0.717, 1.165) is 16.7 Å². The number of aliphatic carboxylic acids is 1. The first kappa shape index (κ1) is 16.3. The van der Waals surface area contributed by atoms with Crippen LogP contribution in [0.5, 0.6) is 0 Å². The maximum absolute atomic E-state index is 12.0. The number of carboxylic acids is 1. The van der Waals surface area contributed by atoms with Gasteiger partial charge in [0, 0.05) is 0 Å². The highest BCUT2D eigenvalue weighted by Crippen LogP contribution is 2.44. The average Bonchev–Trinajstić information content (AvgIpc) is 2.47. The molecule has 1 atom stereocenters. The van der Waals surface area contributed by atoms with Gasteiger partial charge in [-0.15, -0.1) is 0 Å². The van der Waals surface area contributed by atoms with Gasteiger partial charge in [0.2, 0.25) is 0 Å². The molecule has 0 radical (unpaired) electrons. The minimum atomic E-state index is -0.867. The number of hydrogen-bond acceptors (Lipinski definition) is 3. The summed E-state index contributed by atoms with van der Waals surface area (Å²) in [6.07, 6.45) is 1.77. The van der Waals surface area contributed by atoms with Gasteiger partial charge in [-0.1, -0.05) is 35.4 Å². The Labute approximate surface area is 130 Å². The number of rotatable bonds is 4. The lowest BCUT2D eigenvalue weighted by Gasteiger charge is -2.34. The summed E-state index contributed by atoms with van der Waals surface area (Å²) >= 11 is 0. The summed E-state index contributed by atoms with van der Waals surface area (Å²) < 4.78 is 4.89. The van der Waals surface area contributed by atoms with Crippen molar-refractivity contribution in [1.29, 1.82) is 0 Å². The number of benzene rings is 1. The van der Waals surface area contributed by atoms with Gasteiger partial charge >= 0.3 is 11.9 Å². The van der Waals surface area contributed by atoms with Crippen LogP contribution in [0.15, 0.2) is 29.8 Å². The van der Waals surface area contributed by atoms with E-state index in [1.54, 1.807) is 0 Å². The van der Waals surface area contributed by atoms with Crippen LogP contribution in [0.25, 0.3) is 5.57 Å². The van der Waals surface area contributed by atoms with Crippen LogP contribution in [0.4, 0.5) is 0 Å². The molecule has 0 bridgehead atoms. The lowest BCUT2D eigenvalue weighted by molar-refractivity contribution is -0.152. The Morgan fingerprint density at radius 1 is 1.27 bits per heavy atom. The van der Waals surface area contributed by atoms with E-state index in [1.807, 2.05) is 38.1 Å². The maximum atomic E-state index is 12.0. The second-order valence-corrected chi connectivity index (χ2v) is 6.25. The number of esters is 1. The first-order valence-corrected chi connectivity index (χ1v) is 7.44. The lowest BCUT2D eigenvalue weighted by atomic mass is 9.71. The quantitative estimate of drug-likeness (QED) is 0.863. The summed E-state index contributed by atoms with van der Waals surface area (Å²) in [5, 5.41) is 9.19. The molecule has 1 N–H and O–H groups in total. The van der Waals surface area contributed by atoms with Gasteiger partial charge < -0.3 is 9.84 Å². The third-order valence-electron chi connectivity index (χ3n) is 4.40. The Kier molecular flexibility index (Phi) is 4.69. The molecular weight excluding hydrogens is 280 g/mol. The molecule has 1 aliphatic carbocycles. The summed E-state index contributed by atoms with van der Waals surface area (Å²) in [6.45, 7) is 3.87. The number of ether oxygens (including phenoxy) is 1. The van der Waals surface area contributed by atoms with Crippen LogP contribution >= 0.6 is 0 Å². The first-order chi connectivity index (χ1) is 10.4. The highest BCUT2D eigenvalue weighted by atomic mass is 16.5. The summed E-state index contributed by atoms with van der Waals surface area (Å²) in [4.78, 5) is 23.2. The Hall–Kier alpha value is -2.10. The van der Waals surface area contributed by atoms with Crippen molar-refractivity contribution >= 4 is 17.5 Å². The Balaban J connectivity index is 2.41. The molecule has 2 rings (SSSR count). The van der Waals surface area contributed by atoms with E-state index >= 15 is 0 Å². The number of carbonyl (C=O) groups is 2. The summed E-state index contributed by atoms with van der Waals surface area (Å²) in [6, 6.07) is 8.09. The molecule has 22 heavy (non-hydrogen) atoms. The van der Waals surface area contributed by atoms with Crippen molar-refractivity contribution < 1.29 is 19.4 Å². The molecule has 4 nitrogen and oxygen atoms in total. The van der Waals surface area contributed by atoms with Gasteiger partial charge in [-0.2, -0.15) is 0 Å². The van der Waals surface area contributed by atoms with Gasteiger partial charge in [-0.25, -0.2) is 0 Å². The molecule has 0 heterocycles. The van der Waals surface area contributed by atoms with Crippen molar-refractivity contribution in [3.63, 3.8) is 0 Å². The SMILES string of the molecule is COC(=O)[C@@]1(C)CCC(c2ccc(C)cc2)=C(CC(=O)O)C1. The standard InChI is InChI=1S/C18H22O4/c1-12-4-6-13(7-5-12)15-8-9-18(2,17(21)22-3)11-14(15)10-16(19)20/h4-7H,8-11H2,1-3H3,(H,19,20)/t18-/m0/s1. The molecular formula is C18H22O4. The number of hydrogen-bond donors (Lipinski definition) is 1. The summed E-state index contributed by atoms with van der Waals surface area (Å²) in [7, 11) is 1.38. The predicted molar refractivity (Wildman–Crippen MR) is 84.3 cm³/mol. The minimum Gasteiger partial charge on any atom is -0.481 e. The molecule has 0 saturated carbocycles. The smallest absolute Gasteiger partial charge is 0.311 e. The topological polar surface area (TPSA) is 63.6 Å². The van der Waals surface area contributed by atoms with Crippen LogP contribution in [0.1, 0.15) is 43.7 Å². The molecule has 1 aromatic rings. The lowest BCUT2D eigenvalue weighted by Crippen LogP contribution is -2.32. The fourth-order valence-corrected chi connectivity index (χ4v) is 3.12. The van der Waals surface area contributed by atoms with Gasteiger partial charge in [0.15, 0.2) is 0 Å². The van der Waals surface area contributed by atoms with Crippen molar-refractivity contribution in [2.45, 2.75) is 39.5 Å². The minimum absolute atomic E-state index is 0.0320. The average molecular weight is 302 g/mol. The monoisotopic (exact) mass is 302 g/mol. The second-order valence-electron chi connectivity index (χ2n) is 6.25. The summed E-state index contributed by atoms with van der Waals surface area (Å²) in [5.74, 6) is -1.13. The molecule has 0 aliphatic heterocycles. The molecule has 0 unspecified atom stereocenters. The van der Waals surface area contributed by atoms with Crippen molar-refractivity contribution in [1.82, 2.24) is 0 Å². The fraction of sp³-hybridized carbons (Fsp3) is 0.444. The molecule has 118 valence electrons. The van der Waals surface area contributed by atoms with Crippen molar-refractivity contribution in [2.24, 2.45) is 5.41 Å². The van der Waals surface area contributed by atoms with Crippen molar-refractivity contribution in [3.05, 3.63) is 41.0 Å². The van der Waals surface area contributed by atoms with E-state index < -0.39 is 11.4 Å². The van der Waals surface area contributed by atoms with Crippen LogP contribution in [0.2, 0.25) is 0 Å². The van der Waals surface area contributed by atoms with Gasteiger partial charge in [0.1, 0.15) is 0 Å². The molecule has 0 amide bonds. The maximum Gasteiger partial charge on any atom is 0.311 e. The van der Waals surface area contributed by atoms with Crippen LogP contribution < -0.4 is 0 Å². The van der Waals surface area contributed by atoms with E-state index in [4.69, 9.17) is 4.74 Å². The zero-order valence-corrected chi connectivity index (χ0v) is 13.3. The second kappa shape index (κ2) is 6.34. The highest BCUT2D eigenvalue weighted by molar-refractivity contribution is 5.83. The fourth-order valence-electron chi connectivity index (χ4n) is 3.12.